The van der Waals surface area contributed by atoms with E-state index >= 15 is 0 Å². The van der Waals surface area contributed by atoms with E-state index in [4.69, 9.17) is 4.99 Å². The van der Waals surface area contributed by atoms with Crippen LogP contribution in [0.5, 0.6) is 0 Å². The van der Waals surface area contributed by atoms with Crippen LogP contribution >= 0.6 is 0 Å². The fourth-order valence-corrected chi connectivity index (χ4v) is 4.16. The van der Waals surface area contributed by atoms with Gasteiger partial charge in [-0.2, -0.15) is 0 Å². The number of nitrogens with zero attached hydrogens (tertiary/aromatic N) is 5. The Hall–Kier alpha value is -4.45. The molecule has 6 nitrogen and oxygen atoms in total. The molecule has 0 aliphatic carbocycles. The molecule has 0 saturated carbocycles. The summed E-state index contributed by atoms with van der Waals surface area (Å²) in [6, 6.07) is 23.4. The Balaban J connectivity index is 1.59. The van der Waals surface area contributed by atoms with E-state index in [1.54, 1.807) is 24.5 Å². The van der Waals surface area contributed by atoms with Crippen LogP contribution in [0.4, 0.5) is 5.82 Å². The Bertz CT molecular complexity index is 1510. The number of carbonyl (C=O) groups is 1. The summed E-state index contributed by atoms with van der Waals surface area (Å²) in [6.45, 7) is 6.40. The van der Waals surface area contributed by atoms with E-state index in [2.05, 4.69) is 40.3 Å². The quantitative estimate of drug-likeness (QED) is 0.203. The van der Waals surface area contributed by atoms with Crippen molar-refractivity contribution in [2.24, 2.45) is 4.99 Å². The molecule has 178 valence electrons. The largest absolute Gasteiger partial charge is 0.326 e. The number of fused-ring (bicyclic) bond motifs is 1. The number of aromatic nitrogens is 4. The van der Waals surface area contributed by atoms with Crippen molar-refractivity contribution in [1.82, 2.24) is 19.5 Å². The van der Waals surface area contributed by atoms with Crippen LogP contribution in [0.2, 0.25) is 0 Å². The van der Waals surface area contributed by atoms with E-state index in [0.29, 0.717) is 16.9 Å². The first kappa shape index (κ1) is 23.3. The Kier molecular flexibility index (Phi) is 6.25. The molecule has 0 saturated heterocycles. The lowest BCUT2D eigenvalue weighted by atomic mass is 10.0. The van der Waals surface area contributed by atoms with Gasteiger partial charge in [-0.25, -0.2) is 19.9 Å². The van der Waals surface area contributed by atoms with Gasteiger partial charge in [0.05, 0.1) is 11.3 Å². The van der Waals surface area contributed by atoms with Gasteiger partial charge < -0.3 is 4.57 Å². The number of aliphatic imine (C=N–C) groups is 1. The zero-order chi connectivity index (χ0) is 25.1. The molecule has 0 radical (unpaired) electrons. The van der Waals surface area contributed by atoms with Gasteiger partial charge in [-0.1, -0.05) is 67.6 Å². The van der Waals surface area contributed by atoms with Crippen LogP contribution in [0.1, 0.15) is 54.2 Å². The van der Waals surface area contributed by atoms with Crippen LogP contribution in [0.15, 0.2) is 103 Å². The van der Waals surface area contributed by atoms with Crippen molar-refractivity contribution in [2.75, 3.05) is 0 Å². The normalized spacial score (nSPS) is 11.4. The molecule has 2 aromatic carbocycles. The molecule has 5 aromatic rings. The second-order valence-electron chi connectivity index (χ2n) is 9.26. The van der Waals surface area contributed by atoms with Crippen molar-refractivity contribution in [1.29, 1.82) is 0 Å². The number of carbonyl (C=O) groups excluding carboxylic acids is 1. The van der Waals surface area contributed by atoms with Gasteiger partial charge in [0.15, 0.2) is 11.6 Å². The first-order valence-electron chi connectivity index (χ1n) is 12.0. The maximum absolute atomic E-state index is 13.7. The second kappa shape index (κ2) is 9.66. The minimum absolute atomic E-state index is 0.111. The highest BCUT2D eigenvalue weighted by molar-refractivity contribution is 6.16. The van der Waals surface area contributed by atoms with Crippen LogP contribution in [0.25, 0.3) is 11.0 Å². The summed E-state index contributed by atoms with van der Waals surface area (Å²) in [6.07, 6.45) is 7.65. The molecule has 0 bridgehead atoms. The monoisotopic (exact) mass is 473 g/mol. The van der Waals surface area contributed by atoms with Gasteiger partial charge in [-0.05, 0) is 32.4 Å². The van der Waals surface area contributed by atoms with Gasteiger partial charge in [-0.3, -0.25) is 4.79 Å². The molecule has 3 heterocycles. The standard InChI is InChI=1S/C30H27N5O/c1-4-30(2,3)35-19-25(24-18-31-20-33-29(24)35)28(36)23-15-16-32-26(17-23)34-27(21-11-7-5-8-12-21)22-13-9-6-10-14-22/h5-20H,4H2,1-3H3. The van der Waals surface area contributed by atoms with Gasteiger partial charge in [0.25, 0.3) is 0 Å². The predicted octanol–water partition coefficient (Wildman–Crippen LogP) is 6.37. The summed E-state index contributed by atoms with van der Waals surface area (Å²) in [5, 5.41) is 0.736. The number of ketones is 1. The molecule has 0 atom stereocenters. The van der Waals surface area contributed by atoms with Crippen molar-refractivity contribution in [3.8, 4) is 0 Å². The van der Waals surface area contributed by atoms with E-state index in [9.17, 15) is 4.79 Å². The van der Waals surface area contributed by atoms with Gasteiger partial charge in [0.1, 0.15) is 12.0 Å². The summed E-state index contributed by atoms with van der Waals surface area (Å²) in [4.78, 5) is 31.7. The Morgan fingerprint density at radius 3 is 2.22 bits per heavy atom. The lowest BCUT2D eigenvalue weighted by Crippen LogP contribution is -2.24. The minimum Gasteiger partial charge on any atom is -0.326 e. The number of rotatable bonds is 7. The third kappa shape index (κ3) is 4.45. The molecular formula is C30H27N5O. The van der Waals surface area contributed by atoms with E-state index in [-0.39, 0.29) is 11.3 Å². The molecule has 0 N–H and O–H groups in total. The lowest BCUT2D eigenvalue weighted by Gasteiger charge is -2.25. The first-order valence-corrected chi connectivity index (χ1v) is 12.0. The fourth-order valence-electron chi connectivity index (χ4n) is 4.16. The van der Waals surface area contributed by atoms with Crippen molar-refractivity contribution in [2.45, 2.75) is 32.7 Å². The molecule has 0 fully saturated rings. The molecule has 0 spiro atoms. The zero-order valence-electron chi connectivity index (χ0n) is 20.6. The summed E-state index contributed by atoms with van der Waals surface area (Å²) in [5.74, 6) is 0.359. The summed E-state index contributed by atoms with van der Waals surface area (Å²) in [7, 11) is 0. The Labute approximate surface area is 210 Å². The zero-order valence-corrected chi connectivity index (χ0v) is 20.6. The minimum atomic E-state index is -0.195. The number of pyridine rings is 1. The van der Waals surface area contributed by atoms with Crippen LogP contribution < -0.4 is 0 Å². The van der Waals surface area contributed by atoms with E-state index in [0.717, 1.165) is 34.3 Å². The third-order valence-corrected chi connectivity index (χ3v) is 6.56. The van der Waals surface area contributed by atoms with E-state index in [1.165, 1.54) is 6.33 Å². The highest BCUT2D eigenvalue weighted by Gasteiger charge is 2.25. The lowest BCUT2D eigenvalue weighted by molar-refractivity contribution is 0.103. The van der Waals surface area contributed by atoms with Crippen LogP contribution in [-0.4, -0.2) is 31.0 Å². The molecule has 3 aromatic heterocycles. The third-order valence-electron chi connectivity index (χ3n) is 6.56. The van der Waals surface area contributed by atoms with Crippen molar-refractivity contribution >= 4 is 28.3 Å². The molecule has 5 rings (SSSR count). The molecule has 0 unspecified atom stereocenters. The molecule has 6 heteroatoms. The van der Waals surface area contributed by atoms with Crippen molar-refractivity contribution < 1.29 is 4.79 Å². The Morgan fingerprint density at radius 2 is 1.58 bits per heavy atom. The van der Waals surface area contributed by atoms with Crippen LogP contribution in [0, 0.1) is 0 Å². The smallest absolute Gasteiger partial charge is 0.195 e. The van der Waals surface area contributed by atoms with Gasteiger partial charge in [-0.15, -0.1) is 0 Å². The molecular weight excluding hydrogens is 446 g/mol. The topological polar surface area (TPSA) is 73.0 Å². The fraction of sp³-hybridized carbons (Fsp3) is 0.167. The summed E-state index contributed by atoms with van der Waals surface area (Å²) < 4.78 is 2.07. The molecule has 36 heavy (non-hydrogen) atoms. The highest BCUT2D eigenvalue weighted by atomic mass is 16.1. The van der Waals surface area contributed by atoms with Crippen molar-refractivity contribution in [3.05, 3.63) is 120 Å². The highest BCUT2D eigenvalue weighted by Crippen LogP contribution is 2.30. The molecule has 0 aliphatic heterocycles. The molecule has 0 aliphatic rings. The number of benzene rings is 2. The average Bonchev–Trinajstić information content (AvgIpc) is 3.33. The van der Waals surface area contributed by atoms with E-state index in [1.807, 2.05) is 66.9 Å². The second-order valence-corrected chi connectivity index (χ2v) is 9.26. The van der Waals surface area contributed by atoms with Crippen LogP contribution in [0.3, 0.4) is 0 Å². The summed E-state index contributed by atoms with van der Waals surface area (Å²) in [5.41, 5.74) is 4.39. The Morgan fingerprint density at radius 1 is 0.917 bits per heavy atom. The SMILES string of the molecule is CCC(C)(C)n1cc(C(=O)c2ccnc(N=C(c3ccccc3)c3ccccc3)c2)c2cncnc21. The van der Waals surface area contributed by atoms with Crippen molar-refractivity contribution in [3.63, 3.8) is 0 Å². The predicted molar refractivity (Wildman–Crippen MR) is 143 cm³/mol. The van der Waals surface area contributed by atoms with Gasteiger partial charge >= 0.3 is 0 Å². The van der Waals surface area contributed by atoms with Gasteiger partial charge in [0, 0.05) is 46.2 Å². The maximum Gasteiger partial charge on any atom is 0.195 e. The van der Waals surface area contributed by atoms with E-state index < -0.39 is 0 Å². The maximum atomic E-state index is 13.7. The average molecular weight is 474 g/mol. The van der Waals surface area contributed by atoms with Gasteiger partial charge in [0.2, 0.25) is 0 Å². The molecule has 0 amide bonds. The summed E-state index contributed by atoms with van der Waals surface area (Å²) >= 11 is 0. The number of hydrogen-bond donors (Lipinski definition) is 0. The van der Waals surface area contributed by atoms with Crippen LogP contribution in [-0.2, 0) is 5.54 Å². The number of hydrogen-bond acceptors (Lipinski definition) is 5. The first-order chi connectivity index (χ1) is 17.5.